The molecule has 0 unspecified atom stereocenters. The molecule has 1 fully saturated rings. The Morgan fingerprint density at radius 1 is 1.36 bits per heavy atom. The summed E-state index contributed by atoms with van der Waals surface area (Å²) in [6, 6.07) is 6.04. The molecule has 1 amide bonds. The van der Waals surface area contributed by atoms with Crippen LogP contribution in [-0.4, -0.2) is 63.2 Å². The maximum absolute atomic E-state index is 12.6. The lowest BCUT2D eigenvalue weighted by Crippen LogP contribution is -2.44. The number of benzene rings is 1. The Balaban J connectivity index is 1.88. The Morgan fingerprint density at radius 3 is 2.52 bits per heavy atom. The number of sulfonamides is 1. The first-order valence-electron chi connectivity index (χ1n) is 8.05. The molecule has 7 nitrogen and oxygen atoms in total. The van der Waals surface area contributed by atoms with Gasteiger partial charge >= 0.3 is 0 Å². The lowest BCUT2D eigenvalue weighted by molar-refractivity contribution is -0.126. The molecule has 25 heavy (non-hydrogen) atoms. The molecule has 2 rings (SSSR count). The van der Waals surface area contributed by atoms with E-state index < -0.39 is 16.1 Å². The maximum atomic E-state index is 12.6. The highest BCUT2D eigenvalue weighted by atomic mass is 35.5. The molecule has 2 N–H and O–H groups in total. The van der Waals surface area contributed by atoms with Crippen LogP contribution in [-0.2, 0) is 19.6 Å². The minimum atomic E-state index is -3.57. The lowest BCUT2D eigenvalue weighted by Gasteiger charge is -2.30. The smallest absolute Gasteiger partial charge is 0.243 e. The third-order valence-electron chi connectivity index (χ3n) is 4.15. The minimum Gasteiger partial charge on any atom is -0.389 e. The molecule has 0 spiro atoms. The van der Waals surface area contributed by atoms with Crippen molar-refractivity contribution in [3.8, 4) is 0 Å². The summed E-state index contributed by atoms with van der Waals surface area (Å²) in [5.41, 5.74) is 0. The monoisotopic (exact) mass is 390 g/mol. The molecule has 0 aliphatic carbocycles. The molecular weight excluding hydrogens is 368 g/mol. The van der Waals surface area contributed by atoms with E-state index in [1.54, 1.807) is 12.1 Å². The number of aliphatic hydroxyl groups is 1. The number of nitrogens with zero attached hydrogens (tertiary/aromatic N) is 1. The zero-order valence-electron chi connectivity index (χ0n) is 14.0. The van der Waals surface area contributed by atoms with Gasteiger partial charge in [-0.2, -0.15) is 4.31 Å². The number of halogens is 1. The number of nitrogens with one attached hydrogen (secondary N) is 1. The normalized spacial score (nSPS) is 18.0. The molecule has 1 aliphatic heterocycles. The fraction of sp³-hybridized carbons (Fsp3) is 0.562. The van der Waals surface area contributed by atoms with Gasteiger partial charge in [0.25, 0.3) is 0 Å². The average Bonchev–Trinajstić information content (AvgIpc) is 2.60. The molecule has 0 aromatic heterocycles. The standard InChI is InChI=1S/C16H23ClN2O5S/c1-24-11-14(20)10-18-16(21)12-6-8-19(9-7-12)25(22,23)15-4-2-13(17)3-5-15/h2-5,12,14,20H,6-11H2,1H3,(H,18,21)/t14-/m0/s1. The van der Waals surface area contributed by atoms with Crippen molar-refractivity contribution in [2.45, 2.75) is 23.8 Å². The van der Waals surface area contributed by atoms with Crippen molar-refractivity contribution in [1.82, 2.24) is 9.62 Å². The van der Waals surface area contributed by atoms with E-state index in [4.69, 9.17) is 16.3 Å². The summed E-state index contributed by atoms with van der Waals surface area (Å²) in [4.78, 5) is 12.3. The number of carbonyl (C=O) groups is 1. The van der Waals surface area contributed by atoms with E-state index in [1.165, 1.54) is 23.5 Å². The SMILES string of the molecule is COC[C@@H](O)CNC(=O)C1CCN(S(=O)(=O)c2ccc(Cl)cc2)CC1. The molecular formula is C16H23ClN2O5S. The van der Waals surface area contributed by atoms with Gasteiger partial charge in [-0.15, -0.1) is 0 Å². The van der Waals surface area contributed by atoms with Crippen molar-refractivity contribution in [3.05, 3.63) is 29.3 Å². The van der Waals surface area contributed by atoms with E-state index in [0.717, 1.165) is 0 Å². The second kappa shape index (κ2) is 8.95. The average molecular weight is 391 g/mol. The van der Waals surface area contributed by atoms with Crippen molar-refractivity contribution < 1.29 is 23.1 Å². The van der Waals surface area contributed by atoms with Crippen LogP contribution in [0.2, 0.25) is 5.02 Å². The molecule has 0 bridgehead atoms. The van der Waals surface area contributed by atoms with Gasteiger partial charge < -0.3 is 15.2 Å². The molecule has 1 aromatic rings. The molecule has 1 atom stereocenters. The van der Waals surface area contributed by atoms with E-state index >= 15 is 0 Å². The quantitative estimate of drug-likeness (QED) is 0.720. The lowest BCUT2D eigenvalue weighted by atomic mass is 9.97. The number of aliphatic hydroxyl groups excluding tert-OH is 1. The van der Waals surface area contributed by atoms with Gasteiger partial charge in [0.1, 0.15) is 0 Å². The number of amides is 1. The Labute approximate surface area is 153 Å². The van der Waals surface area contributed by atoms with Crippen molar-refractivity contribution in [2.75, 3.05) is 33.4 Å². The van der Waals surface area contributed by atoms with Gasteiger partial charge in [0, 0.05) is 37.7 Å². The van der Waals surface area contributed by atoms with E-state index in [-0.39, 0.29) is 43.0 Å². The number of rotatable bonds is 7. The molecule has 140 valence electrons. The predicted octanol–water partition coefficient (Wildman–Crippen LogP) is 0.864. The van der Waals surface area contributed by atoms with Gasteiger partial charge in [0.2, 0.25) is 15.9 Å². The van der Waals surface area contributed by atoms with Crippen LogP contribution in [0.4, 0.5) is 0 Å². The van der Waals surface area contributed by atoms with Gasteiger partial charge in [-0.3, -0.25) is 4.79 Å². The zero-order chi connectivity index (χ0) is 18.4. The van der Waals surface area contributed by atoms with Gasteiger partial charge in [-0.05, 0) is 37.1 Å². The van der Waals surface area contributed by atoms with Crippen LogP contribution in [0.1, 0.15) is 12.8 Å². The van der Waals surface area contributed by atoms with Crippen LogP contribution < -0.4 is 5.32 Å². The van der Waals surface area contributed by atoms with Crippen LogP contribution in [0.3, 0.4) is 0 Å². The second-order valence-electron chi connectivity index (χ2n) is 5.99. The summed E-state index contributed by atoms with van der Waals surface area (Å²) in [5.74, 6) is -0.426. The number of hydrogen-bond donors (Lipinski definition) is 2. The highest BCUT2D eigenvalue weighted by Gasteiger charge is 2.32. The van der Waals surface area contributed by atoms with Crippen LogP contribution in [0.25, 0.3) is 0 Å². The van der Waals surface area contributed by atoms with Crippen LogP contribution in [0, 0.1) is 5.92 Å². The van der Waals surface area contributed by atoms with Crippen molar-refractivity contribution in [2.24, 2.45) is 5.92 Å². The van der Waals surface area contributed by atoms with Gasteiger partial charge in [-0.25, -0.2) is 8.42 Å². The van der Waals surface area contributed by atoms with Gasteiger partial charge in [-0.1, -0.05) is 11.6 Å². The first kappa shape index (κ1) is 20.1. The van der Waals surface area contributed by atoms with E-state index in [2.05, 4.69) is 5.32 Å². The fourth-order valence-electron chi connectivity index (χ4n) is 2.73. The van der Waals surface area contributed by atoms with E-state index in [9.17, 15) is 18.3 Å². The summed E-state index contributed by atoms with van der Waals surface area (Å²) >= 11 is 5.79. The second-order valence-corrected chi connectivity index (χ2v) is 8.36. The largest absolute Gasteiger partial charge is 0.389 e. The Bertz CT molecular complexity index is 672. The van der Waals surface area contributed by atoms with E-state index in [0.29, 0.717) is 17.9 Å². The molecule has 0 saturated carbocycles. The summed E-state index contributed by atoms with van der Waals surface area (Å²) in [5, 5.41) is 12.7. The Kier molecular flexibility index (Phi) is 7.21. The third kappa shape index (κ3) is 5.39. The van der Waals surface area contributed by atoms with Crippen LogP contribution >= 0.6 is 11.6 Å². The van der Waals surface area contributed by atoms with Crippen molar-refractivity contribution in [1.29, 1.82) is 0 Å². The topological polar surface area (TPSA) is 95.9 Å². The predicted molar refractivity (Wildman–Crippen MR) is 93.8 cm³/mol. The molecule has 0 radical (unpaired) electrons. The molecule has 1 aromatic carbocycles. The summed E-state index contributed by atoms with van der Waals surface area (Å²) in [6.07, 6.45) is 0.136. The minimum absolute atomic E-state index is 0.121. The highest BCUT2D eigenvalue weighted by molar-refractivity contribution is 7.89. The number of piperidine rings is 1. The van der Waals surface area contributed by atoms with E-state index in [1.807, 2.05) is 0 Å². The number of hydrogen-bond acceptors (Lipinski definition) is 5. The summed E-state index contributed by atoms with van der Waals surface area (Å²) < 4.78 is 31.4. The number of ether oxygens (including phenoxy) is 1. The van der Waals surface area contributed by atoms with Crippen molar-refractivity contribution >= 4 is 27.5 Å². The number of carbonyl (C=O) groups excluding carboxylic acids is 1. The maximum Gasteiger partial charge on any atom is 0.243 e. The first-order valence-corrected chi connectivity index (χ1v) is 9.87. The molecule has 1 saturated heterocycles. The molecule has 1 aliphatic rings. The third-order valence-corrected chi connectivity index (χ3v) is 6.31. The summed E-state index contributed by atoms with van der Waals surface area (Å²) in [6.45, 7) is 0.835. The van der Waals surface area contributed by atoms with Crippen LogP contribution in [0.5, 0.6) is 0 Å². The molecule has 1 heterocycles. The molecule has 9 heteroatoms. The Hall–Kier alpha value is -1.19. The van der Waals surface area contributed by atoms with Gasteiger partial charge in [0.15, 0.2) is 0 Å². The fourth-order valence-corrected chi connectivity index (χ4v) is 4.32. The number of methoxy groups -OCH3 is 1. The van der Waals surface area contributed by atoms with Crippen molar-refractivity contribution in [3.63, 3.8) is 0 Å². The zero-order valence-corrected chi connectivity index (χ0v) is 15.6. The highest BCUT2D eigenvalue weighted by Crippen LogP contribution is 2.24. The van der Waals surface area contributed by atoms with Gasteiger partial charge in [0.05, 0.1) is 17.6 Å². The van der Waals surface area contributed by atoms with Crippen LogP contribution in [0.15, 0.2) is 29.2 Å². The Morgan fingerprint density at radius 2 is 1.96 bits per heavy atom. The summed E-state index contributed by atoms with van der Waals surface area (Å²) in [7, 11) is -2.10. The first-order chi connectivity index (χ1) is 11.8.